The van der Waals surface area contributed by atoms with Crippen molar-refractivity contribution < 1.29 is 8.42 Å². The Morgan fingerprint density at radius 3 is 2.69 bits per heavy atom. The molecule has 1 saturated heterocycles. The van der Waals surface area contributed by atoms with Crippen molar-refractivity contribution in [1.82, 2.24) is 0 Å². The van der Waals surface area contributed by atoms with Crippen LogP contribution in [0.25, 0.3) is 0 Å². The molecule has 1 atom stereocenters. The van der Waals surface area contributed by atoms with E-state index >= 15 is 0 Å². The standard InChI is InChI=1S/C12H17NO2S/c13-9-10-5-1-2-6-11(10)12-7-3-4-8-16(12,14)15/h1-2,5-6,12H,3-4,7-9,13H2. The van der Waals surface area contributed by atoms with E-state index in [-0.39, 0.29) is 5.25 Å². The lowest BCUT2D eigenvalue weighted by atomic mass is 10.0. The largest absolute Gasteiger partial charge is 0.326 e. The molecule has 1 aromatic carbocycles. The van der Waals surface area contributed by atoms with Crippen molar-refractivity contribution in [2.24, 2.45) is 5.73 Å². The third-order valence-corrected chi connectivity index (χ3v) is 5.41. The summed E-state index contributed by atoms with van der Waals surface area (Å²) in [6, 6.07) is 7.61. The lowest BCUT2D eigenvalue weighted by Crippen LogP contribution is -2.23. The second-order valence-corrected chi connectivity index (χ2v) is 6.56. The third-order valence-electron chi connectivity index (χ3n) is 3.20. The van der Waals surface area contributed by atoms with Gasteiger partial charge in [-0.15, -0.1) is 0 Å². The summed E-state index contributed by atoms with van der Waals surface area (Å²) in [6.07, 6.45) is 2.52. The molecular formula is C12H17NO2S. The summed E-state index contributed by atoms with van der Waals surface area (Å²) in [5.41, 5.74) is 7.51. The first-order valence-corrected chi connectivity index (χ1v) is 7.36. The van der Waals surface area contributed by atoms with E-state index in [4.69, 9.17) is 5.73 Å². The van der Waals surface area contributed by atoms with Gasteiger partial charge >= 0.3 is 0 Å². The highest BCUT2D eigenvalue weighted by atomic mass is 32.2. The van der Waals surface area contributed by atoms with Gasteiger partial charge in [0.25, 0.3) is 0 Å². The van der Waals surface area contributed by atoms with Gasteiger partial charge in [-0.05, 0) is 24.0 Å². The smallest absolute Gasteiger partial charge is 0.157 e. The highest BCUT2D eigenvalue weighted by Gasteiger charge is 2.31. The van der Waals surface area contributed by atoms with Gasteiger partial charge in [0.2, 0.25) is 0 Å². The SMILES string of the molecule is NCc1ccccc1C1CCCCS1(=O)=O. The summed E-state index contributed by atoms with van der Waals surface area (Å²) in [5, 5.41) is -0.332. The Hall–Kier alpha value is -0.870. The minimum atomic E-state index is -2.96. The van der Waals surface area contributed by atoms with E-state index in [9.17, 15) is 8.42 Å². The number of benzene rings is 1. The van der Waals surface area contributed by atoms with Gasteiger partial charge in [0.05, 0.1) is 11.0 Å². The van der Waals surface area contributed by atoms with Gasteiger partial charge in [-0.25, -0.2) is 8.42 Å². The second kappa shape index (κ2) is 4.55. The van der Waals surface area contributed by atoms with Crippen molar-refractivity contribution in [3.8, 4) is 0 Å². The summed E-state index contributed by atoms with van der Waals surface area (Å²) < 4.78 is 24.0. The summed E-state index contributed by atoms with van der Waals surface area (Å²) in [4.78, 5) is 0. The van der Waals surface area contributed by atoms with E-state index in [0.717, 1.165) is 30.4 Å². The first kappa shape index (κ1) is 11.6. The zero-order valence-electron chi connectivity index (χ0n) is 9.22. The number of hydrogen-bond donors (Lipinski definition) is 1. The normalized spacial score (nSPS) is 24.2. The highest BCUT2D eigenvalue weighted by Crippen LogP contribution is 2.34. The Kier molecular flexibility index (Phi) is 3.30. The average molecular weight is 239 g/mol. The molecule has 0 radical (unpaired) electrons. The van der Waals surface area contributed by atoms with Gasteiger partial charge < -0.3 is 5.73 Å². The van der Waals surface area contributed by atoms with E-state index in [0.29, 0.717) is 12.3 Å². The van der Waals surface area contributed by atoms with Gasteiger partial charge in [0, 0.05) is 6.54 Å². The van der Waals surface area contributed by atoms with Crippen molar-refractivity contribution in [3.63, 3.8) is 0 Å². The zero-order valence-corrected chi connectivity index (χ0v) is 10.0. The van der Waals surface area contributed by atoms with Gasteiger partial charge in [0.15, 0.2) is 9.84 Å². The molecule has 0 amide bonds. The first-order chi connectivity index (χ1) is 7.65. The van der Waals surface area contributed by atoms with Crippen LogP contribution in [0.1, 0.15) is 35.6 Å². The van der Waals surface area contributed by atoms with E-state index in [1.165, 1.54) is 0 Å². The summed E-state index contributed by atoms with van der Waals surface area (Å²) in [5.74, 6) is 0.316. The molecule has 4 heteroatoms. The van der Waals surface area contributed by atoms with Gasteiger partial charge in [-0.2, -0.15) is 0 Å². The molecule has 1 heterocycles. The van der Waals surface area contributed by atoms with E-state index < -0.39 is 9.84 Å². The number of sulfone groups is 1. The number of rotatable bonds is 2. The van der Waals surface area contributed by atoms with Crippen molar-refractivity contribution >= 4 is 9.84 Å². The fourth-order valence-corrected chi connectivity index (χ4v) is 4.37. The van der Waals surface area contributed by atoms with E-state index in [1.54, 1.807) is 0 Å². The number of nitrogens with two attached hydrogens (primary N) is 1. The molecule has 16 heavy (non-hydrogen) atoms. The first-order valence-electron chi connectivity index (χ1n) is 5.64. The maximum absolute atomic E-state index is 12.0. The molecule has 0 saturated carbocycles. The lowest BCUT2D eigenvalue weighted by molar-refractivity contribution is 0.545. The fourth-order valence-electron chi connectivity index (χ4n) is 2.34. The molecule has 1 unspecified atom stereocenters. The van der Waals surface area contributed by atoms with Crippen LogP contribution in [0.5, 0.6) is 0 Å². The Morgan fingerprint density at radius 2 is 2.00 bits per heavy atom. The maximum Gasteiger partial charge on any atom is 0.157 e. The average Bonchev–Trinajstić information content (AvgIpc) is 2.28. The predicted octanol–water partition coefficient (Wildman–Crippen LogP) is 1.79. The highest BCUT2D eigenvalue weighted by molar-refractivity contribution is 7.91. The Labute approximate surface area is 96.6 Å². The van der Waals surface area contributed by atoms with Crippen LogP contribution in [-0.2, 0) is 16.4 Å². The molecule has 0 bridgehead atoms. The quantitative estimate of drug-likeness (QED) is 0.856. The van der Waals surface area contributed by atoms with Crippen molar-refractivity contribution in [3.05, 3.63) is 35.4 Å². The third kappa shape index (κ3) is 2.13. The summed E-state index contributed by atoms with van der Waals surface area (Å²) >= 11 is 0. The van der Waals surface area contributed by atoms with E-state index in [1.807, 2.05) is 24.3 Å². The molecule has 0 aliphatic carbocycles. The molecule has 1 fully saturated rings. The van der Waals surface area contributed by atoms with Crippen LogP contribution < -0.4 is 5.73 Å². The van der Waals surface area contributed by atoms with E-state index in [2.05, 4.69) is 0 Å². The molecule has 3 nitrogen and oxygen atoms in total. The Bertz CT molecular complexity index is 468. The van der Waals surface area contributed by atoms with Crippen LogP contribution in [0, 0.1) is 0 Å². The minimum Gasteiger partial charge on any atom is -0.326 e. The second-order valence-electron chi connectivity index (χ2n) is 4.25. The monoisotopic (exact) mass is 239 g/mol. The number of hydrogen-bond acceptors (Lipinski definition) is 3. The van der Waals surface area contributed by atoms with Crippen LogP contribution in [0.2, 0.25) is 0 Å². The van der Waals surface area contributed by atoms with Crippen LogP contribution in [0.4, 0.5) is 0 Å². The van der Waals surface area contributed by atoms with Crippen LogP contribution in [-0.4, -0.2) is 14.2 Å². The minimum absolute atomic E-state index is 0.316. The molecular weight excluding hydrogens is 222 g/mol. The fraction of sp³-hybridized carbons (Fsp3) is 0.500. The summed E-state index contributed by atoms with van der Waals surface area (Å²) in [7, 11) is -2.96. The van der Waals surface area contributed by atoms with Gasteiger partial charge in [-0.1, -0.05) is 30.7 Å². The summed E-state index contributed by atoms with van der Waals surface area (Å²) in [6.45, 7) is 0.405. The van der Waals surface area contributed by atoms with Gasteiger partial charge in [0.1, 0.15) is 0 Å². The van der Waals surface area contributed by atoms with Crippen molar-refractivity contribution in [2.45, 2.75) is 31.1 Å². The molecule has 1 aliphatic heterocycles. The molecule has 2 rings (SSSR count). The zero-order chi connectivity index (χ0) is 11.6. The molecule has 88 valence electrons. The van der Waals surface area contributed by atoms with Gasteiger partial charge in [-0.3, -0.25) is 0 Å². The lowest BCUT2D eigenvalue weighted by Gasteiger charge is -2.24. The topological polar surface area (TPSA) is 60.2 Å². The molecule has 1 aliphatic rings. The molecule has 0 aromatic heterocycles. The van der Waals surface area contributed by atoms with Crippen LogP contribution >= 0.6 is 0 Å². The molecule has 1 aromatic rings. The Balaban J connectivity index is 2.42. The van der Waals surface area contributed by atoms with Crippen molar-refractivity contribution in [1.29, 1.82) is 0 Å². The molecule has 0 spiro atoms. The van der Waals surface area contributed by atoms with Crippen LogP contribution in [0.3, 0.4) is 0 Å². The maximum atomic E-state index is 12.0. The van der Waals surface area contributed by atoms with Crippen molar-refractivity contribution in [2.75, 3.05) is 5.75 Å². The van der Waals surface area contributed by atoms with Crippen LogP contribution in [0.15, 0.2) is 24.3 Å². The Morgan fingerprint density at radius 1 is 1.25 bits per heavy atom. The predicted molar refractivity (Wildman–Crippen MR) is 64.7 cm³/mol. The molecule has 2 N–H and O–H groups in total.